The standard InChI is InChI=1S/C11H18ClN3OS/c1-8(4-5-17-3)15(2)11-9(6-16)10(12)13-7-14-11/h7-8,16H,4-6H2,1-3H3. The van der Waals surface area contributed by atoms with E-state index in [0.29, 0.717) is 22.6 Å². The number of aromatic nitrogens is 2. The summed E-state index contributed by atoms with van der Waals surface area (Å²) >= 11 is 7.76. The molecule has 6 heteroatoms. The van der Waals surface area contributed by atoms with Crippen LogP contribution in [0.15, 0.2) is 6.33 Å². The summed E-state index contributed by atoms with van der Waals surface area (Å²) in [6, 6.07) is 0.346. The van der Waals surface area contributed by atoms with Gasteiger partial charge >= 0.3 is 0 Å². The van der Waals surface area contributed by atoms with E-state index < -0.39 is 0 Å². The Balaban J connectivity index is 2.87. The maximum Gasteiger partial charge on any atom is 0.140 e. The maximum absolute atomic E-state index is 9.31. The Labute approximate surface area is 111 Å². The third-order valence-electron chi connectivity index (χ3n) is 2.76. The SMILES string of the molecule is CSCCC(C)N(C)c1ncnc(Cl)c1CO. The van der Waals surface area contributed by atoms with Gasteiger partial charge in [-0.05, 0) is 25.4 Å². The van der Waals surface area contributed by atoms with Crippen molar-refractivity contribution in [2.75, 3.05) is 24.0 Å². The van der Waals surface area contributed by atoms with Crippen molar-refractivity contribution in [3.05, 3.63) is 17.0 Å². The molecule has 1 aromatic heterocycles. The number of aliphatic hydroxyl groups excluding tert-OH is 1. The van der Waals surface area contributed by atoms with Crippen LogP contribution in [0.1, 0.15) is 18.9 Å². The lowest BCUT2D eigenvalue weighted by Gasteiger charge is -2.27. The number of rotatable bonds is 6. The second kappa shape index (κ2) is 7.03. The van der Waals surface area contributed by atoms with Gasteiger partial charge in [0.1, 0.15) is 17.3 Å². The largest absolute Gasteiger partial charge is 0.391 e. The molecule has 0 bridgehead atoms. The predicted octanol–water partition coefficient (Wildman–Crippen LogP) is 2.20. The molecule has 4 nitrogen and oxygen atoms in total. The van der Waals surface area contributed by atoms with Crippen molar-refractivity contribution in [1.29, 1.82) is 0 Å². The van der Waals surface area contributed by atoms with Crippen LogP contribution in [0, 0.1) is 0 Å². The van der Waals surface area contributed by atoms with Gasteiger partial charge in [0.15, 0.2) is 0 Å². The molecule has 0 aliphatic heterocycles. The molecule has 0 saturated heterocycles. The van der Waals surface area contributed by atoms with Crippen LogP contribution in [0.4, 0.5) is 5.82 Å². The summed E-state index contributed by atoms with van der Waals surface area (Å²) in [6.45, 7) is 1.99. The first-order chi connectivity index (χ1) is 8.11. The Kier molecular flexibility index (Phi) is 6.02. The van der Waals surface area contributed by atoms with Crippen LogP contribution in [-0.4, -0.2) is 40.2 Å². The predicted molar refractivity (Wildman–Crippen MR) is 73.8 cm³/mol. The molecule has 1 unspecified atom stereocenters. The van der Waals surface area contributed by atoms with Crippen molar-refractivity contribution in [2.45, 2.75) is 26.0 Å². The Morgan fingerprint density at radius 1 is 1.53 bits per heavy atom. The zero-order valence-electron chi connectivity index (χ0n) is 10.4. The summed E-state index contributed by atoms with van der Waals surface area (Å²) in [4.78, 5) is 10.1. The van der Waals surface area contributed by atoms with Crippen LogP contribution in [0.3, 0.4) is 0 Å². The first kappa shape index (κ1) is 14.5. The number of halogens is 1. The second-order valence-corrected chi connectivity index (χ2v) is 5.21. The number of anilines is 1. The average molecular weight is 276 g/mol. The number of nitrogens with zero attached hydrogens (tertiary/aromatic N) is 3. The van der Waals surface area contributed by atoms with E-state index in [1.54, 1.807) is 0 Å². The van der Waals surface area contributed by atoms with Crippen LogP contribution < -0.4 is 4.90 Å². The minimum atomic E-state index is -0.144. The Morgan fingerprint density at radius 3 is 2.82 bits per heavy atom. The van der Waals surface area contributed by atoms with Crippen LogP contribution in [0.25, 0.3) is 0 Å². The van der Waals surface area contributed by atoms with E-state index in [4.69, 9.17) is 11.6 Å². The van der Waals surface area contributed by atoms with Crippen molar-refractivity contribution in [3.8, 4) is 0 Å². The smallest absolute Gasteiger partial charge is 0.140 e. The molecule has 0 amide bonds. The van der Waals surface area contributed by atoms with E-state index in [0.717, 1.165) is 12.2 Å². The normalized spacial score (nSPS) is 12.5. The van der Waals surface area contributed by atoms with Crippen molar-refractivity contribution < 1.29 is 5.11 Å². The molecule has 1 heterocycles. The van der Waals surface area contributed by atoms with Gasteiger partial charge in [-0.15, -0.1) is 0 Å². The fraction of sp³-hybridized carbons (Fsp3) is 0.636. The fourth-order valence-electron chi connectivity index (χ4n) is 1.51. The summed E-state index contributed by atoms with van der Waals surface area (Å²) in [6.07, 6.45) is 4.58. The van der Waals surface area contributed by atoms with E-state index in [9.17, 15) is 5.11 Å². The first-order valence-electron chi connectivity index (χ1n) is 5.43. The highest BCUT2D eigenvalue weighted by molar-refractivity contribution is 7.98. The fourth-order valence-corrected chi connectivity index (χ4v) is 2.28. The molecule has 0 spiro atoms. The molecular weight excluding hydrogens is 258 g/mol. The minimum Gasteiger partial charge on any atom is -0.391 e. The lowest BCUT2D eigenvalue weighted by Crippen LogP contribution is -2.31. The topological polar surface area (TPSA) is 49.2 Å². The quantitative estimate of drug-likeness (QED) is 0.807. The van der Waals surface area contributed by atoms with Gasteiger partial charge in [0.2, 0.25) is 0 Å². The molecule has 1 aromatic rings. The number of hydrogen-bond donors (Lipinski definition) is 1. The van der Waals surface area contributed by atoms with Crippen LogP contribution in [0.2, 0.25) is 5.15 Å². The first-order valence-corrected chi connectivity index (χ1v) is 7.21. The summed E-state index contributed by atoms with van der Waals surface area (Å²) in [5.74, 6) is 1.81. The lowest BCUT2D eigenvalue weighted by molar-refractivity contribution is 0.281. The van der Waals surface area contributed by atoms with Crippen LogP contribution in [-0.2, 0) is 6.61 Å². The van der Waals surface area contributed by atoms with E-state index in [2.05, 4.69) is 23.1 Å². The van der Waals surface area contributed by atoms with Gasteiger partial charge in [-0.3, -0.25) is 0 Å². The van der Waals surface area contributed by atoms with E-state index in [-0.39, 0.29) is 6.61 Å². The van der Waals surface area contributed by atoms with Crippen molar-refractivity contribution in [2.24, 2.45) is 0 Å². The maximum atomic E-state index is 9.31. The summed E-state index contributed by atoms with van der Waals surface area (Å²) in [7, 11) is 1.96. The summed E-state index contributed by atoms with van der Waals surface area (Å²) in [5.41, 5.74) is 0.590. The monoisotopic (exact) mass is 275 g/mol. The zero-order chi connectivity index (χ0) is 12.8. The molecule has 1 N–H and O–H groups in total. The highest BCUT2D eigenvalue weighted by Crippen LogP contribution is 2.24. The Bertz CT molecular complexity index is 365. The van der Waals surface area contributed by atoms with Crippen LogP contribution in [0.5, 0.6) is 0 Å². The second-order valence-electron chi connectivity index (χ2n) is 3.87. The van der Waals surface area contributed by atoms with Gasteiger partial charge in [-0.1, -0.05) is 11.6 Å². The molecule has 1 rings (SSSR count). The third kappa shape index (κ3) is 3.72. The highest BCUT2D eigenvalue weighted by atomic mass is 35.5. The van der Waals surface area contributed by atoms with Gasteiger partial charge in [0, 0.05) is 13.1 Å². The van der Waals surface area contributed by atoms with Gasteiger partial charge in [-0.25, -0.2) is 9.97 Å². The molecule has 17 heavy (non-hydrogen) atoms. The summed E-state index contributed by atoms with van der Waals surface area (Å²) < 4.78 is 0. The third-order valence-corrected chi connectivity index (χ3v) is 3.73. The van der Waals surface area contributed by atoms with Gasteiger partial charge < -0.3 is 10.0 Å². The van der Waals surface area contributed by atoms with Crippen molar-refractivity contribution in [1.82, 2.24) is 9.97 Å². The molecule has 0 radical (unpaired) electrons. The molecular formula is C11H18ClN3OS. The number of thioether (sulfide) groups is 1. The minimum absolute atomic E-state index is 0.144. The molecule has 96 valence electrons. The average Bonchev–Trinajstić information content (AvgIpc) is 2.34. The van der Waals surface area contributed by atoms with E-state index in [1.807, 2.05) is 23.7 Å². The molecule has 0 aliphatic rings. The van der Waals surface area contributed by atoms with E-state index in [1.165, 1.54) is 6.33 Å². The molecule has 1 atom stereocenters. The lowest BCUT2D eigenvalue weighted by atomic mass is 10.2. The molecule has 0 saturated carbocycles. The number of hydrogen-bond acceptors (Lipinski definition) is 5. The Morgan fingerprint density at radius 2 is 2.24 bits per heavy atom. The number of aliphatic hydroxyl groups is 1. The van der Waals surface area contributed by atoms with E-state index >= 15 is 0 Å². The van der Waals surface area contributed by atoms with Gasteiger partial charge in [0.05, 0.1) is 12.2 Å². The zero-order valence-corrected chi connectivity index (χ0v) is 11.9. The molecule has 0 aromatic carbocycles. The molecule has 0 aliphatic carbocycles. The summed E-state index contributed by atoms with van der Waals surface area (Å²) in [5, 5.41) is 9.63. The highest BCUT2D eigenvalue weighted by Gasteiger charge is 2.17. The van der Waals surface area contributed by atoms with Crippen molar-refractivity contribution >= 4 is 29.2 Å². The van der Waals surface area contributed by atoms with Gasteiger partial charge in [0.25, 0.3) is 0 Å². The van der Waals surface area contributed by atoms with Crippen LogP contribution >= 0.6 is 23.4 Å². The van der Waals surface area contributed by atoms with Gasteiger partial charge in [-0.2, -0.15) is 11.8 Å². The Hall–Kier alpha value is -0.520. The molecule has 0 fully saturated rings. The van der Waals surface area contributed by atoms with Crippen molar-refractivity contribution in [3.63, 3.8) is 0 Å².